The van der Waals surface area contributed by atoms with Gasteiger partial charge in [0.05, 0.1) is 34.3 Å². The Hall–Kier alpha value is -11.9. The van der Waals surface area contributed by atoms with Gasteiger partial charge in [-0.05, 0) is 265 Å². The zero-order valence-electron chi connectivity index (χ0n) is 72.7. The second-order valence-corrected chi connectivity index (χ2v) is 31.8. The average molecular weight is 1850 g/mol. The molecule has 0 bridgehead atoms. The third kappa shape index (κ3) is 34.4. The van der Waals surface area contributed by atoms with Crippen LogP contribution >= 0.6 is 45.2 Å². The van der Waals surface area contributed by atoms with E-state index in [-0.39, 0.29) is 23.0 Å². The summed E-state index contributed by atoms with van der Waals surface area (Å²) >= 11 is 4.50. The number of phenolic OH excluding ortho intramolecular Hbond substituents is 4. The Balaban J connectivity index is 0.000000200. The molecule has 0 radical (unpaired) electrons. The molecule has 0 aliphatic rings. The molecule has 0 amide bonds. The van der Waals surface area contributed by atoms with Crippen LogP contribution in [0.3, 0.4) is 0 Å². The summed E-state index contributed by atoms with van der Waals surface area (Å²) in [7, 11) is 0. The smallest absolute Gasteiger partial charge is 0.142 e. The lowest BCUT2D eigenvalue weighted by atomic mass is 10.1. The fraction of sp³-hybridized carbons (Fsp3) is 0.243. The predicted octanol–water partition coefficient (Wildman–Crippen LogP) is 26.0. The van der Waals surface area contributed by atoms with Gasteiger partial charge < -0.3 is 49.5 Å². The van der Waals surface area contributed by atoms with Gasteiger partial charge in [0.25, 0.3) is 0 Å². The van der Waals surface area contributed by atoms with Gasteiger partial charge in [-0.3, -0.25) is 0 Å². The lowest BCUT2D eigenvalue weighted by Gasteiger charge is -2.09. The predicted molar refractivity (Wildman–Crippen MR) is 513 cm³/mol. The molecule has 0 heterocycles. The Morgan fingerprint density at radius 2 is 0.496 bits per heavy atom. The van der Waals surface area contributed by atoms with Crippen LogP contribution in [0.4, 0.5) is 0 Å². The molecular weight excluding hydrogens is 1730 g/mol. The fourth-order valence-electron chi connectivity index (χ4n) is 11.0. The van der Waals surface area contributed by atoms with Crippen LogP contribution in [-0.2, 0) is 68.7 Å². The van der Waals surface area contributed by atoms with Crippen LogP contribution in [-0.4, -0.2) is 54.7 Å². The maximum Gasteiger partial charge on any atom is 0.142 e. The van der Waals surface area contributed by atoms with E-state index in [1.54, 1.807) is 24.3 Å². The molecule has 12 rings (SSSR count). The molecule has 4 N–H and O–H groups in total. The van der Waals surface area contributed by atoms with E-state index >= 15 is 0 Å². The van der Waals surface area contributed by atoms with Crippen LogP contribution in [0, 0.1) is 83.3 Å². The minimum Gasteiger partial charge on any atom is -0.508 e. The van der Waals surface area contributed by atoms with Crippen molar-refractivity contribution in [1.82, 2.24) is 0 Å². The van der Waals surface area contributed by atoms with Crippen LogP contribution in [0.1, 0.15) is 182 Å². The first-order chi connectivity index (χ1) is 58.0. The number of hydrogen-bond donors (Lipinski definition) is 4. The van der Waals surface area contributed by atoms with Gasteiger partial charge in [0, 0.05) is 29.4 Å². The van der Waals surface area contributed by atoms with Crippen molar-refractivity contribution in [3.63, 3.8) is 0 Å². The van der Waals surface area contributed by atoms with Gasteiger partial charge >= 0.3 is 0 Å². The van der Waals surface area contributed by atoms with E-state index in [9.17, 15) is 20.4 Å². The van der Waals surface area contributed by atoms with Gasteiger partial charge in [-0.25, -0.2) is 0 Å². The quantitative estimate of drug-likeness (QED) is 0.0229. The van der Waals surface area contributed by atoms with Gasteiger partial charge in [0.2, 0.25) is 0 Å². The molecule has 12 aromatic carbocycles. The van der Waals surface area contributed by atoms with E-state index in [2.05, 4.69) is 234 Å². The molecule has 0 spiro atoms. The van der Waals surface area contributed by atoms with Crippen molar-refractivity contribution in [2.45, 2.75) is 170 Å². The lowest BCUT2D eigenvalue weighted by Crippen LogP contribution is -2.04. The van der Waals surface area contributed by atoms with E-state index in [1.165, 1.54) is 38.9 Å². The molecule has 0 aliphatic heterocycles. The number of phenols is 4. The zero-order chi connectivity index (χ0) is 87.8. The SMILES string of the molecule is C/C(=N\OCc1ccc(C)cc1)c1ccc(C)c(O)c1.C/C(=N\OCc1ccc(C)cc1)c1ccc(C)cc1.C/C(=N\OCc1ccc(C)cc1)c1ccccc1.CC(=NOCc1ccc(C)cc1)c1cc(O)c(C)cc1I.CCC(=NOCc1ccc(C)cc1)c1cc(O)c(C)cc1I.CCC(=NOCc1ccc(C)cc1)c1ccc(C)c(O)c1. The highest BCUT2D eigenvalue weighted by atomic mass is 127. The van der Waals surface area contributed by atoms with Crippen molar-refractivity contribution in [3.8, 4) is 23.0 Å². The summed E-state index contributed by atoms with van der Waals surface area (Å²) in [5, 5.41) is 64.2. The molecule has 18 heteroatoms. The van der Waals surface area contributed by atoms with E-state index < -0.39 is 0 Å². The Morgan fingerprint density at radius 3 is 0.826 bits per heavy atom. The van der Waals surface area contributed by atoms with Crippen LogP contribution < -0.4 is 0 Å². The Morgan fingerprint density at radius 1 is 0.248 bits per heavy atom. The minimum absolute atomic E-state index is 0.274. The zero-order valence-corrected chi connectivity index (χ0v) is 77.0. The van der Waals surface area contributed by atoms with E-state index in [4.69, 9.17) is 29.0 Å². The molecule has 16 nitrogen and oxygen atoms in total. The maximum absolute atomic E-state index is 9.90. The lowest BCUT2D eigenvalue weighted by molar-refractivity contribution is 0.130. The van der Waals surface area contributed by atoms with Crippen molar-refractivity contribution < 1.29 is 49.5 Å². The van der Waals surface area contributed by atoms with E-state index in [0.29, 0.717) is 39.6 Å². The molecular formula is C103H114I2N6O10. The Bertz CT molecular complexity index is 5400. The number of benzene rings is 12. The summed E-state index contributed by atoms with van der Waals surface area (Å²) in [6, 6.07) is 86.0. The van der Waals surface area contributed by atoms with Crippen LogP contribution in [0.15, 0.2) is 292 Å². The van der Waals surface area contributed by atoms with E-state index in [1.807, 2.05) is 197 Å². The second-order valence-electron chi connectivity index (χ2n) is 29.5. The van der Waals surface area contributed by atoms with Gasteiger partial charge in [-0.1, -0.05) is 308 Å². The molecule has 0 atom stereocenters. The highest BCUT2D eigenvalue weighted by molar-refractivity contribution is 14.1. The monoisotopic (exact) mass is 1850 g/mol. The van der Waals surface area contributed by atoms with Gasteiger partial charge in [0.15, 0.2) is 0 Å². The second kappa shape index (κ2) is 50.9. The van der Waals surface area contributed by atoms with E-state index in [0.717, 1.165) is 143 Å². The number of rotatable bonds is 26. The van der Waals surface area contributed by atoms with Crippen molar-refractivity contribution in [2.75, 3.05) is 0 Å². The molecule has 630 valence electrons. The number of aromatic hydroxyl groups is 4. The molecule has 12 aromatic rings. The van der Waals surface area contributed by atoms with Gasteiger partial charge in [-0.2, -0.15) is 0 Å². The van der Waals surface area contributed by atoms with Crippen molar-refractivity contribution in [1.29, 1.82) is 0 Å². The first-order valence-electron chi connectivity index (χ1n) is 40.1. The van der Waals surface area contributed by atoms with Crippen molar-refractivity contribution in [3.05, 3.63) is 396 Å². The van der Waals surface area contributed by atoms with Crippen LogP contribution in [0.2, 0.25) is 0 Å². The standard InChI is InChI=1S/C18H20INO2.C18H21NO2.C17H18INO2.C17H19NO2.C17H19NO.C16H17NO/c1-4-17(15-10-18(21)13(3)9-16(15)19)20-22-11-14-7-5-12(2)6-8-14;1-4-17(16-10-7-14(3)18(20)11-16)19-21-12-15-8-5-13(2)6-9-15;1-11-4-6-14(7-5-11)10-21-19-13(3)15-9-17(20)12(2)8-16(15)18;1-12-4-7-15(8-5-12)11-20-18-14(3)16-9-6-13(2)17(19)10-16;1-13-4-8-16(9-5-13)12-19-18-15(3)17-10-6-14(2)7-11-17;1-13-8-10-15(11-9-13)12-18-17-14(2)16-6-4-3-5-7-16/h5-10,21H,4,11H2,1-3H3;5-11,20H,4,12H2,1-3H3;4-9,20H,10H2,1-3H3;4-10,19H,11H2,1-3H3;4-11H,12H2,1-3H3;3-11H,12H2,1-2H3/b;;;18-14+;18-15+;17-14+. The number of aryl methyl sites for hydroxylation is 11. The first-order valence-corrected chi connectivity index (χ1v) is 42.3. The first kappa shape index (κ1) is 96.3. The van der Waals surface area contributed by atoms with Crippen molar-refractivity contribution in [2.24, 2.45) is 30.9 Å². The molecule has 0 aliphatic carbocycles. The van der Waals surface area contributed by atoms with Gasteiger partial charge in [-0.15, -0.1) is 0 Å². The Labute approximate surface area is 743 Å². The van der Waals surface area contributed by atoms with Crippen LogP contribution in [0.25, 0.3) is 0 Å². The molecule has 0 saturated carbocycles. The highest BCUT2D eigenvalue weighted by Gasteiger charge is 2.13. The molecule has 121 heavy (non-hydrogen) atoms. The number of nitrogens with zero attached hydrogens (tertiary/aromatic N) is 6. The average Bonchev–Trinajstić information content (AvgIpc) is 0.832. The topological polar surface area (TPSA) is 210 Å². The molecule has 0 unspecified atom stereocenters. The third-order valence-electron chi connectivity index (χ3n) is 19.0. The molecule has 0 fully saturated rings. The fourth-order valence-corrected chi connectivity index (χ4v) is 13.0. The molecule has 0 saturated heterocycles. The maximum atomic E-state index is 9.90. The summed E-state index contributed by atoms with van der Waals surface area (Å²) < 4.78 is 2.11. The summed E-state index contributed by atoms with van der Waals surface area (Å²) in [6.07, 6.45) is 1.49. The summed E-state index contributed by atoms with van der Waals surface area (Å²) in [5.41, 5.74) is 29.4. The minimum atomic E-state index is 0.274. The third-order valence-corrected chi connectivity index (χ3v) is 20.8. The van der Waals surface area contributed by atoms with Gasteiger partial charge in [0.1, 0.15) is 62.6 Å². The number of oxime groups is 6. The van der Waals surface area contributed by atoms with Crippen molar-refractivity contribution >= 4 is 79.5 Å². The largest absolute Gasteiger partial charge is 0.508 e. The van der Waals surface area contributed by atoms with Crippen LogP contribution in [0.5, 0.6) is 23.0 Å². The highest BCUT2D eigenvalue weighted by Crippen LogP contribution is 2.28. The molecule has 0 aromatic heterocycles. The number of halogens is 2. The number of hydrogen-bond acceptors (Lipinski definition) is 16. The normalized spacial score (nSPS) is 11.5. The summed E-state index contributed by atoms with van der Waals surface area (Å²) in [5.74, 6) is 1.12. The summed E-state index contributed by atoms with van der Waals surface area (Å²) in [6.45, 7) is 36.4. The summed E-state index contributed by atoms with van der Waals surface area (Å²) in [4.78, 5) is 32.5. The Kier molecular flexibility index (Phi) is 40.5.